The molecule has 2 unspecified atom stereocenters. The summed E-state index contributed by atoms with van der Waals surface area (Å²) in [5.41, 5.74) is 0. The number of carbonyl (C=O) groups excluding carboxylic acids is 6. The van der Waals surface area contributed by atoms with Gasteiger partial charge in [-0.05, 0) is 0 Å². The second-order valence-corrected chi connectivity index (χ2v) is 4.86. The third kappa shape index (κ3) is 12.3. The summed E-state index contributed by atoms with van der Waals surface area (Å²) in [5.74, 6) is -2.18. The van der Waals surface area contributed by atoms with E-state index in [4.69, 9.17) is 10.2 Å². The van der Waals surface area contributed by atoms with Crippen LogP contribution in [0.2, 0.25) is 0 Å². The Bertz CT molecular complexity index is 511. The average Bonchev–Trinajstić information content (AvgIpc) is 2.68. The van der Waals surface area contributed by atoms with Crippen molar-refractivity contribution in [2.24, 2.45) is 0 Å². The molecule has 0 heterocycles. The van der Waals surface area contributed by atoms with Crippen LogP contribution in [0.15, 0.2) is 0 Å². The first-order valence-electron chi connectivity index (χ1n) is 7.63. The molecule has 0 spiro atoms. The van der Waals surface area contributed by atoms with Gasteiger partial charge in [0, 0.05) is 39.8 Å². The highest BCUT2D eigenvalue weighted by Gasteiger charge is 2.27. The standard InChI is InChI=1S/C9H13NO7.C6H11NO3/c1-10(7(14)3-2-4-11)17-9(16)8(15)6(13)5-12;1-7(10-2)6(9)4-3-5-8/h4-6,8,13,15H,2-3H2,1H3;5H,3-4H2,1-2H3. The minimum absolute atomic E-state index is 0.0275. The quantitative estimate of drug-likeness (QED) is 0.307. The van der Waals surface area contributed by atoms with E-state index in [-0.39, 0.29) is 37.9 Å². The SMILES string of the molecule is CN(OC(=O)C(O)C(O)C=O)C(=O)CCC=O.CON(C)C(=O)CCC=O. The number of hydroxylamine groups is 4. The molecule has 0 aliphatic heterocycles. The summed E-state index contributed by atoms with van der Waals surface area (Å²) in [6.07, 6.45) is -2.49. The van der Waals surface area contributed by atoms with E-state index in [0.717, 1.165) is 12.1 Å². The second-order valence-electron chi connectivity index (χ2n) is 4.86. The number of amides is 2. The lowest BCUT2D eigenvalue weighted by molar-refractivity contribution is -0.203. The molecule has 0 aromatic carbocycles. The van der Waals surface area contributed by atoms with Crippen LogP contribution >= 0.6 is 0 Å². The van der Waals surface area contributed by atoms with Crippen LogP contribution in [0, 0.1) is 0 Å². The highest BCUT2D eigenvalue weighted by Crippen LogP contribution is 2.00. The molecule has 154 valence electrons. The molecule has 2 atom stereocenters. The zero-order valence-corrected chi connectivity index (χ0v) is 15.3. The molecule has 0 fully saturated rings. The van der Waals surface area contributed by atoms with Gasteiger partial charge >= 0.3 is 5.97 Å². The van der Waals surface area contributed by atoms with Crippen molar-refractivity contribution in [3.63, 3.8) is 0 Å². The molecule has 12 nitrogen and oxygen atoms in total. The molecule has 0 radical (unpaired) electrons. The number of hydrogen-bond acceptors (Lipinski definition) is 10. The lowest BCUT2D eigenvalue weighted by Crippen LogP contribution is -2.40. The zero-order valence-electron chi connectivity index (χ0n) is 15.3. The van der Waals surface area contributed by atoms with Gasteiger partial charge in [0.2, 0.25) is 5.91 Å². The Balaban J connectivity index is 0. The smallest absolute Gasteiger partial charge is 0.363 e. The molecule has 2 N–H and O–H groups in total. The maximum Gasteiger partial charge on any atom is 0.363 e. The fourth-order valence-electron chi connectivity index (χ4n) is 1.24. The Morgan fingerprint density at radius 1 is 0.926 bits per heavy atom. The molecule has 0 bridgehead atoms. The van der Waals surface area contributed by atoms with Gasteiger partial charge in [0.1, 0.15) is 18.7 Å². The molecular weight excluding hydrogens is 368 g/mol. The minimum Gasteiger partial charge on any atom is -0.382 e. The predicted octanol–water partition coefficient (Wildman–Crippen LogP) is -2.21. The van der Waals surface area contributed by atoms with Crippen molar-refractivity contribution in [1.82, 2.24) is 10.1 Å². The Labute approximate surface area is 155 Å². The summed E-state index contributed by atoms with van der Waals surface area (Å²) in [4.78, 5) is 71.8. The number of aliphatic hydroxyl groups is 2. The van der Waals surface area contributed by atoms with E-state index in [9.17, 15) is 28.8 Å². The summed E-state index contributed by atoms with van der Waals surface area (Å²) >= 11 is 0. The Hall–Kier alpha value is -2.70. The minimum atomic E-state index is -2.06. The van der Waals surface area contributed by atoms with Gasteiger partial charge in [-0.3, -0.25) is 14.4 Å². The Morgan fingerprint density at radius 2 is 1.37 bits per heavy atom. The molecule has 0 aliphatic rings. The third-order valence-corrected chi connectivity index (χ3v) is 2.86. The highest BCUT2D eigenvalue weighted by atomic mass is 16.7. The molecule has 0 saturated heterocycles. The van der Waals surface area contributed by atoms with Crippen LogP contribution in [0.3, 0.4) is 0 Å². The van der Waals surface area contributed by atoms with Crippen molar-refractivity contribution in [2.75, 3.05) is 21.2 Å². The Morgan fingerprint density at radius 3 is 1.74 bits per heavy atom. The fourth-order valence-corrected chi connectivity index (χ4v) is 1.24. The summed E-state index contributed by atoms with van der Waals surface area (Å²) in [6.45, 7) is 0. The summed E-state index contributed by atoms with van der Waals surface area (Å²) in [6, 6.07) is 0. The first kappa shape index (κ1) is 26.5. The number of nitrogens with zero attached hydrogens (tertiary/aromatic N) is 2. The van der Waals surface area contributed by atoms with Crippen LogP contribution in [0.5, 0.6) is 0 Å². The Kier molecular flexibility index (Phi) is 15.3. The van der Waals surface area contributed by atoms with Gasteiger partial charge in [0.05, 0.1) is 7.11 Å². The van der Waals surface area contributed by atoms with E-state index < -0.39 is 24.1 Å². The van der Waals surface area contributed by atoms with Crippen LogP contribution in [0.25, 0.3) is 0 Å². The lowest BCUT2D eigenvalue weighted by Gasteiger charge is -2.18. The second kappa shape index (κ2) is 15.5. The van der Waals surface area contributed by atoms with Gasteiger partial charge in [-0.25, -0.2) is 9.86 Å². The molecule has 12 heteroatoms. The monoisotopic (exact) mass is 392 g/mol. The predicted molar refractivity (Wildman–Crippen MR) is 87.3 cm³/mol. The number of aliphatic hydroxyl groups excluding tert-OH is 2. The number of hydrogen-bond donors (Lipinski definition) is 2. The van der Waals surface area contributed by atoms with Crippen molar-refractivity contribution in [1.29, 1.82) is 0 Å². The molecular formula is C15H24N2O10. The molecule has 0 saturated carbocycles. The van der Waals surface area contributed by atoms with Gasteiger partial charge in [0.15, 0.2) is 12.4 Å². The van der Waals surface area contributed by atoms with Crippen LogP contribution in [-0.2, 0) is 38.4 Å². The summed E-state index contributed by atoms with van der Waals surface area (Å²) in [7, 11) is 4.01. The van der Waals surface area contributed by atoms with E-state index in [2.05, 4.69) is 9.68 Å². The van der Waals surface area contributed by atoms with Crippen molar-refractivity contribution in [3.8, 4) is 0 Å². The average molecular weight is 392 g/mol. The van der Waals surface area contributed by atoms with Crippen molar-refractivity contribution in [2.45, 2.75) is 37.9 Å². The van der Waals surface area contributed by atoms with E-state index in [1.807, 2.05) is 0 Å². The number of rotatable bonds is 10. The molecule has 0 aromatic rings. The fraction of sp³-hybridized carbons (Fsp3) is 0.600. The van der Waals surface area contributed by atoms with E-state index in [1.54, 1.807) is 0 Å². The summed E-state index contributed by atoms with van der Waals surface area (Å²) < 4.78 is 0. The first-order valence-corrected chi connectivity index (χ1v) is 7.63. The maximum absolute atomic E-state index is 11.2. The van der Waals surface area contributed by atoms with Crippen LogP contribution < -0.4 is 0 Å². The molecule has 0 aliphatic carbocycles. The molecule has 0 aromatic heterocycles. The number of carbonyl (C=O) groups is 6. The summed E-state index contributed by atoms with van der Waals surface area (Å²) in [5, 5.41) is 19.5. The molecule has 0 rings (SSSR count). The van der Waals surface area contributed by atoms with Gasteiger partial charge in [0.25, 0.3) is 5.91 Å². The van der Waals surface area contributed by atoms with Gasteiger partial charge in [-0.15, -0.1) is 0 Å². The van der Waals surface area contributed by atoms with Crippen molar-refractivity contribution in [3.05, 3.63) is 0 Å². The molecule has 2 amide bonds. The van der Waals surface area contributed by atoms with Crippen LogP contribution in [-0.4, -0.2) is 90.4 Å². The normalized spacial score (nSPS) is 11.7. The highest BCUT2D eigenvalue weighted by molar-refractivity contribution is 5.82. The van der Waals surface area contributed by atoms with E-state index in [0.29, 0.717) is 17.6 Å². The zero-order chi connectivity index (χ0) is 21.4. The topological polar surface area (TPSA) is 168 Å². The van der Waals surface area contributed by atoms with Gasteiger partial charge < -0.3 is 29.4 Å². The van der Waals surface area contributed by atoms with Gasteiger partial charge in [-0.2, -0.15) is 5.06 Å². The lowest BCUT2D eigenvalue weighted by atomic mass is 10.2. The van der Waals surface area contributed by atoms with E-state index in [1.165, 1.54) is 14.2 Å². The third-order valence-electron chi connectivity index (χ3n) is 2.86. The van der Waals surface area contributed by atoms with Crippen LogP contribution in [0.4, 0.5) is 0 Å². The molecule has 27 heavy (non-hydrogen) atoms. The first-order chi connectivity index (χ1) is 12.7. The van der Waals surface area contributed by atoms with Crippen molar-refractivity contribution < 1.29 is 48.7 Å². The van der Waals surface area contributed by atoms with Crippen LogP contribution in [0.1, 0.15) is 25.7 Å². The van der Waals surface area contributed by atoms with Gasteiger partial charge in [-0.1, -0.05) is 0 Å². The largest absolute Gasteiger partial charge is 0.382 e. The van der Waals surface area contributed by atoms with E-state index >= 15 is 0 Å². The number of aldehydes is 3. The maximum atomic E-state index is 11.2. The van der Waals surface area contributed by atoms with Crippen molar-refractivity contribution >= 4 is 36.6 Å².